The number of aryl methyl sites for hydroxylation is 1. The molecule has 0 saturated heterocycles. The quantitative estimate of drug-likeness (QED) is 0.777. The molecule has 0 radical (unpaired) electrons. The lowest BCUT2D eigenvalue weighted by Gasteiger charge is -2.16. The number of benzene rings is 1. The molecule has 4 heteroatoms. The summed E-state index contributed by atoms with van der Waals surface area (Å²) in [5, 5.41) is 4.47. The summed E-state index contributed by atoms with van der Waals surface area (Å²) < 4.78 is 1.96. The van der Waals surface area contributed by atoms with Gasteiger partial charge in [0.1, 0.15) is 0 Å². The lowest BCUT2D eigenvalue weighted by molar-refractivity contribution is 0.677. The topological polar surface area (TPSA) is 42.7 Å². The van der Waals surface area contributed by atoms with Gasteiger partial charge in [-0.15, -0.1) is 0 Å². The first kappa shape index (κ1) is 11.9. The van der Waals surface area contributed by atoms with Crippen LogP contribution in [0.15, 0.2) is 49.1 Å². The Morgan fingerprint density at radius 3 is 2.74 bits per heavy atom. The van der Waals surface area contributed by atoms with E-state index in [-0.39, 0.29) is 6.04 Å². The van der Waals surface area contributed by atoms with Crippen molar-refractivity contribution in [3.05, 3.63) is 60.3 Å². The van der Waals surface area contributed by atoms with E-state index in [1.807, 2.05) is 43.4 Å². The zero-order chi connectivity index (χ0) is 13.2. The fourth-order valence-electron chi connectivity index (χ4n) is 2.41. The second kappa shape index (κ2) is 4.82. The number of fused-ring (bicyclic) bond motifs is 1. The molecular formula is C15H16N4. The third kappa shape index (κ3) is 2.11. The molecule has 96 valence electrons. The number of pyridine rings is 1. The van der Waals surface area contributed by atoms with E-state index < -0.39 is 0 Å². The van der Waals surface area contributed by atoms with Crippen LogP contribution in [0.2, 0.25) is 0 Å². The van der Waals surface area contributed by atoms with E-state index in [1.54, 1.807) is 0 Å². The van der Waals surface area contributed by atoms with E-state index in [4.69, 9.17) is 0 Å². The first-order valence-electron chi connectivity index (χ1n) is 6.28. The molecule has 0 aliphatic carbocycles. The van der Waals surface area contributed by atoms with Crippen molar-refractivity contribution in [2.75, 3.05) is 7.05 Å². The van der Waals surface area contributed by atoms with Crippen molar-refractivity contribution < 1.29 is 0 Å². The number of imidazole rings is 1. The molecular weight excluding hydrogens is 236 g/mol. The highest BCUT2D eigenvalue weighted by Gasteiger charge is 2.17. The van der Waals surface area contributed by atoms with Crippen LogP contribution in [0.3, 0.4) is 0 Å². The van der Waals surface area contributed by atoms with Gasteiger partial charge in [-0.2, -0.15) is 0 Å². The summed E-state index contributed by atoms with van der Waals surface area (Å²) in [7, 11) is 3.92. The summed E-state index contributed by atoms with van der Waals surface area (Å²) in [6.45, 7) is 0. The molecule has 1 unspecified atom stereocenters. The van der Waals surface area contributed by atoms with Crippen LogP contribution in [0.1, 0.15) is 17.3 Å². The number of para-hydroxylation sites is 1. The average molecular weight is 252 g/mol. The highest BCUT2D eigenvalue weighted by molar-refractivity contribution is 5.82. The summed E-state index contributed by atoms with van der Waals surface area (Å²) in [6.07, 6.45) is 5.68. The minimum atomic E-state index is 0.0554. The molecule has 0 bridgehead atoms. The largest absolute Gasteiger partial charge is 0.340 e. The van der Waals surface area contributed by atoms with E-state index in [1.165, 1.54) is 0 Å². The monoisotopic (exact) mass is 252 g/mol. The molecule has 4 nitrogen and oxygen atoms in total. The van der Waals surface area contributed by atoms with Gasteiger partial charge in [-0.25, -0.2) is 4.98 Å². The highest BCUT2D eigenvalue weighted by Crippen LogP contribution is 2.26. The molecule has 3 aromatic rings. The van der Waals surface area contributed by atoms with Crippen molar-refractivity contribution in [1.29, 1.82) is 0 Å². The summed E-state index contributed by atoms with van der Waals surface area (Å²) in [6, 6.07) is 10.3. The zero-order valence-corrected chi connectivity index (χ0v) is 11.0. The van der Waals surface area contributed by atoms with Gasteiger partial charge in [-0.05, 0) is 13.1 Å². The minimum absolute atomic E-state index is 0.0554. The normalized spacial score (nSPS) is 12.7. The number of rotatable bonds is 3. The number of hydrogen-bond donors (Lipinski definition) is 1. The Labute approximate surface area is 112 Å². The Morgan fingerprint density at radius 2 is 2.00 bits per heavy atom. The SMILES string of the molecule is CNC(c1cn(C)cn1)c1cccc2cccnc12. The Hall–Kier alpha value is -2.20. The summed E-state index contributed by atoms with van der Waals surface area (Å²) >= 11 is 0. The molecule has 1 N–H and O–H groups in total. The highest BCUT2D eigenvalue weighted by atomic mass is 15.0. The standard InChI is InChI=1S/C15H16N4/c1-16-15(13-9-19(2)10-18-13)12-7-3-5-11-6-4-8-17-14(11)12/h3-10,15-16H,1-2H3. The first-order valence-corrected chi connectivity index (χ1v) is 6.28. The van der Waals surface area contributed by atoms with Crippen molar-refractivity contribution in [2.45, 2.75) is 6.04 Å². The van der Waals surface area contributed by atoms with Crippen molar-refractivity contribution in [1.82, 2.24) is 19.9 Å². The summed E-state index contributed by atoms with van der Waals surface area (Å²) in [5.41, 5.74) is 3.18. The van der Waals surface area contributed by atoms with Gasteiger partial charge >= 0.3 is 0 Å². The predicted molar refractivity (Wildman–Crippen MR) is 75.9 cm³/mol. The average Bonchev–Trinajstić information content (AvgIpc) is 2.86. The Bertz CT molecular complexity index is 697. The van der Waals surface area contributed by atoms with E-state index in [0.717, 1.165) is 22.2 Å². The van der Waals surface area contributed by atoms with Gasteiger partial charge in [0.2, 0.25) is 0 Å². The van der Waals surface area contributed by atoms with Crippen LogP contribution in [0.25, 0.3) is 10.9 Å². The first-order chi connectivity index (χ1) is 9.29. The number of nitrogens with zero attached hydrogens (tertiary/aromatic N) is 3. The van der Waals surface area contributed by atoms with Crippen molar-refractivity contribution in [2.24, 2.45) is 7.05 Å². The van der Waals surface area contributed by atoms with E-state index in [9.17, 15) is 0 Å². The Balaban J connectivity index is 2.16. The molecule has 0 amide bonds. The lowest BCUT2D eigenvalue weighted by atomic mass is 10.0. The van der Waals surface area contributed by atoms with Crippen LogP contribution in [-0.4, -0.2) is 21.6 Å². The van der Waals surface area contributed by atoms with Crippen LogP contribution in [0, 0.1) is 0 Å². The minimum Gasteiger partial charge on any atom is -0.340 e. The summed E-state index contributed by atoms with van der Waals surface area (Å²) in [4.78, 5) is 8.95. The van der Waals surface area contributed by atoms with Crippen LogP contribution in [0.5, 0.6) is 0 Å². The van der Waals surface area contributed by atoms with Crippen molar-refractivity contribution >= 4 is 10.9 Å². The second-order valence-electron chi connectivity index (χ2n) is 4.61. The fourth-order valence-corrected chi connectivity index (χ4v) is 2.41. The van der Waals surface area contributed by atoms with Gasteiger partial charge in [0, 0.05) is 30.4 Å². The lowest BCUT2D eigenvalue weighted by Crippen LogP contribution is -2.18. The van der Waals surface area contributed by atoms with Gasteiger partial charge in [0.25, 0.3) is 0 Å². The smallest absolute Gasteiger partial charge is 0.0947 e. The van der Waals surface area contributed by atoms with Crippen molar-refractivity contribution in [3.63, 3.8) is 0 Å². The predicted octanol–water partition coefficient (Wildman–Crippen LogP) is 2.28. The molecule has 0 fully saturated rings. The van der Waals surface area contributed by atoms with Crippen molar-refractivity contribution in [3.8, 4) is 0 Å². The molecule has 0 aliphatic rings. The molecule has 19 heavy (non-hydrogen) atoms. The van der Waals surface area contributed by atoms with Crippen LogP contribution < -0.4 is 5.32 Å². The molecule has 2 aromatic heterocycles. The second-order valence-corrected chi connectivity index (χ2v) is 4.61. The van der Waals surface area contributed by atoms with E-state index in [0.29, 0.717) is 0 Å². The van der Waals surface area contributed by atoms with E-state index >= 15 is 0 Å². The fraction of sp³-hybridized carbons (Fsp3) is 0.200. The maximum absolute atomic E-state index is 4.51. The Morgan fingerprint density at radius 1 is 1.16 bits per heavy atom. The molecule has 3 rings (SSSR count). The van der Waals surface area contributed by atoms with Gasteiger partial charge in [-0.1, -0.05) is 24.3 Å². The van der Waals surface area contributed by atoms with Crippen LogP contribution >= 0.6 is 0 Å². The molecule has 0 saturated carbocycles. The van der Waals surface area contributed by atoms with Gasteiger partial charge in [-0.3, -0.25) is 4.98 Å². The number of nitrogens with one attached hydrogen (secondary N) is 1. The van der Waals surface area contributed by atoms with E-state index in [2.05, 4.69) is 39.6 Å². The third-order valence-corrected chi connectivity index (χ3v) is 3.28. The molecule has 1 aromatic carbocycles. The zero-order valence-electron chi connectivity index (χ0n) is 11.0. The maximum atomic E-state index is 4.51. The molecule has 2 heterocycles. The summed E-state index contributed by atoms with van der Waals surface area (Å²) in [5.74, 6) is 0. The van der Waals surface area contributed by atoms with Gasteiger partial charge in [0.05, 0.1) is 23.6 Å². The number of aromatic nitrogens is 3. The van der Waals surface area contributed by atoms with Crippen LogP contribution in [0.4, 0.5) is 0 Å². The molecule has 1 atom stereocenters. The Kier molecular flexibility index (Phi) is 3.01. The molecule has 0 spiro atoms. The third-order valence-electron chi connectivity index (χ3n) is 3.28. The number of hydrogen-bond acceptors (Lipinski definition) is 3. The van der Waals surface area contributed by atoms with Gasteiger partial charge < -0.3 is 9.88 Å². The van der Waals surface area contributed by atoms with Crippen LogP contribution in [-0.2, 0) is 7.05 Å². The molecule has 0 aliphatic heterocycles. The van der Waals surface area contributed by atoms with Gasteiger partial charge in [0.15, 0.2) is 0 Å². The maximum Gasteiger partial charge on any atom is 0.0947 e.